The van der Waals surface area contributed by atoms with Gasteiger partial charge in [0.05, 0.1) is 17.9 Å². The molecule has 1 amide bonds. The van der Waals surface area contributed by atoms with Gasteiger partial charge in [0.25, 0.3) is 0 Å². The molecule has 0 fully saturated rings. The van der Waals surface area contributed by atoms with Crippen LogP contribution in [0.15, 0.2) is 85.1 Å². The van der Waals surface area contributed by atoms with E-state index in [2.05, 4.69) is 48.5 Å². The molecule has 33 heavy (non-hydrogen) atoms. The van der Waals surface area contributed by atoms with Gasteiger partial charge in [-0.25, -0.2) is 4.39 Å². The van der Waals surface area contributed by atoms with Crippen molar-refractivity contribution in [2.75, 3.05) is 5.32 Å². The first-order valence-electron chi connectivity index (χ1n) is 10.7. The van der Waals surface area contributed by atoms with E-state index in [4.69, 9.17) is 11.6 Å². The highest BCUT2D eigenvalue weighted by molar-refractivity contribution is 6.30. The number of nitrogens with one attached hydrogen (secondary N) is 1. The van der Waals surface area contributed by atoms with Crippen LogP contribution in [0.25, 0.3) is 0 Å². The predicted octanol–water partition coefficient (Wildman–Crippen LogP) is 6.84. The van der Waals surface area contributed by atoms with Crippen LogP contribution in [0.1, 0.15) is 29.3 Å². The van der Waals surface area contributed by atoms with Crippen molar-refractivity contribution in [3.8, 4) is 0 Å². The van der Waals surface area contributed by atoms with E-state index in [9.17, 15) is 9.18 Å². The monoisotopic (exact) mass is 465 g/mol. The van der Waals surface area contributed by atoms with Crippen molar-refractivity contribution in [3.63, 3.8) is 0 Å². The molecule has 4 nitrogen and oxygen atoms in total. The van der Waals surface area contributed by atoms with E-state index in [0.29, 0.717) is 6.41 Å². The number of carbonyl (C=O) groups is 1. The number of aromatic nitrogens is 2. The number of halogens is 2. The minimum atomic E-state index is -0.422. The maximum atomic E-state index is 12.6. The summed E-state index contributed by atoms with van der Waals surface area (Å²) in [5.74, 6) is -0.422. The Morgan fingerprint density at radius 3 is 2.27 bits per heavy atom. The molecule has 0 saturated carbocycles. The Morgan fingerprint density at radius 1 is 1.00 bits per heavy atom. The molecule has 4 rings (SSSR count). The lowest BCUT2D eigenvalue weighted by Crippen LogP contribution is -2.02. The molecule has 1 heterocycles. The quantitative estimate of drug-likeness (QED) is 0.328. The highest BCUT2D eigenvalue weighted by Crippen LogP contribution is 2.16. The molecule has 1 N–H and O–H groups in total. The molecule has 0 atom stereocenters. The standard InChI is InChI=1S/C12H13ClN2.C8H10.C7H6FNO/c1-9-3-4-12(13)7-11(9)8-15-6-5-10(2)14-15;1-2-8-6-4-3-5-7-8;8-6-3-1-2-4-7(6)9-5-10/h3-7H,8H2,1-2H3;3-7H,2H2,1H3;1-5H,(H,9,10). The van der Waals surface area contributed by atoms with Crippen molar-refractivity contribution in [2.24, 2.45) is 0 Å². The lowest BCUT2D eigenvalue weighted by atomic mass is 10.1. The summed E-state index contributed by atoms with van der Waals surface area (Å²) >= 11 is 5.96. The minimum absolute atomic E-state index is 0.206. The van der Waals surface area contributed by atoms with Crippen molar-refractivity contribution in [1.29, 1.82) is 0 Å². The van der Waals surface area contributed by atoms with E-state index in [-0.39, 0.29) is 5.69 Å². The highest BCUT2D eigenvalue weighted by atomic mass is 35.5. The van der Waals surface area contributed by atoms with Gasteiger partial charge in [0.2, 0.25) is 6.41 Å². The highest BCUT2D eigenvalue weighted by Gasteiger charge is 2.01. The Hall–Kier alpha value is -3.44. The van der Waals surface area contributed by atoms with E-state index < -0.39 is 5.82 Å². The average Bonchev–Trinajstić information content (AvgIpc) is 3.24. The number of amides is 1. The van der Waals surface area contributed by atoms with Crippen LogP contribution in [0, 0.1) is 19.7 Å². The van der Waals surface area contributed by atoms with E-state index in [1.165, 1.54) is 28.8 Å². The number of hydrogen-bond acceptors (Lipinski definition) is 2. The molecule has 0 saturated heterocycles. The van der Waals surface area contributed by atoms with Gasteiger partial charge in [0.15, 0.2) is 0 Å². The molecule has 0 bridgehead atoms. The number of para-hydroxylation sites is 1. The molecule has 0 unspecified atom stereocenters. The first-order valence-corrected chi connectivity index (χ1v) is 11.0. The summed E-state index contributed by atoms with van der Waals surface area (Å²) in [5, 5.41) is 7.35. The second-order valence-corrected chi connectivity index (χ2v) is 7.74. The zero-order chi connectivity index (χ0) is 24.1. The molecule has 0 aliphatic rings. The number of anilines is 1. The summed E-state index contributed by atoms with van der Waals surface area (Å²) < 4.78 is 14.5. The van der Waals surface area contributed by atoms with Gasteiger partial charge in [-0.3, -0.25) is 9.48 Å². The fourth-order valence-corrected chi connectivity index (χ4v) is 3.09. The second-order valence-electron chi connectivity index (χ2n) is 7.31. The lowest BCUT2D eigenvalue weighted by molar-refractivity contribution is -0.105. The van der Waals surface area contributed by atoms with Gasteiger partial charge in [0, 0.05) is 11.2 Å². The third-order valence-corrected chi connectivity index (χ3v) is 4.99. The molecule has 0 radical (unpaired) electrons. The first-order chi connectivity index (χ1) is 15.9. The number of aryl methyl sites for hydroxylation is 3. The van der Waals surface area contributed by atoms with Crippen LogP contribution in [0.2, 0.25) is 5.02 Å². The van der Waals surface area contributed by atoms with Gasteiger partial charge in [-0.15, -0.1) is 0 Å². The van der Waals surface area contributed by atoms with Crippen molar-refractivity contribution in [1.82, 2.24) is 9.78 Å². The minimum Gasteiger partial charge on any atom is -0.326 e. The van der Waals surface area contributed by atoms with Crippen molar-refractivity contribution >= 4 is 23.7 Å². The van der Waals surface area contributed by atoms with Gasteiger partial charge in [-0.2, -0.15) is 5.10 Å². The summed E-state index contributed by atoms with van der Waals surface area (Å²) in [6, 6.07) is 24.4. The lowest BCUT2D eigenvalue weighted by Gasteiger charge is -2.06. The van der Waals surface area contributed by atoms with Crippen LogP contribution < -0.4 is 5.32 Å². The van der Waals surface area contributed by atoms with Gasteiger partial charge in [-0.1, -0.05) is 67.1 Å². The van der Waals surface area contributed by atoms with Crippen LogP contribution in [-0.2, 0) is 17.8 Å². The van der Waals surface area contributed by atoms with Crippen molar-refractivity contribution in [3.05, 3.63) is 118 Å². The van der Waals surface area contributed by atoms with E-state index in [0.717, 1.165) is 23.7 Å². The third-order valence-electron chi connectivity index (χ3n) is 4.76. The number of hydrogen-bond donors (Lipinski definition) is 1. The van der Waals surface area contributed by atoms with Crippen LogP contribution in [0.5, 0.6) is 0 Å². The maximum Gasteiger partial charge on any atom is 0.211 e. The third kappa shape index (κ3) is 9.29. The number of benzene rings is 3. The van der Waals surface area contributed by atoms with Crippen LogP contribution in [0.3, 0.4) is 0 Å². The topological polar surface area (TPSA) is 46.9 Å². The Morgan fingerprint density at radius 2 is 1.70 bits per heavy atom. The molecule has 4 aromatic rings. The SMILES string of the molecule is CCc1ccccc1.Cc1ccn(Cc2cc(Cl)ccc2C)n1.O=CNc1ccccc1F. The van der Waals surface area contributed by atoms with E-state index >= 15 is 0 Å². The van der Waals surface area contributed by atoms with Gasteiger partial charge < -0.3 is 5.32 Å². The molecule has 172 valence electrons. The fourth-order valence-electron chi connectivity index (χ4n) is 2.89. The molecule has 3 aromatic carbocycles. The summed E-state index contributed by atoms with van der Waals surface area (Å²) in [6.45, 7) is 7.01. The van der Waals surface area contributed by atoms with Crippen LogP contribution >= 0.6 is 11.6 Å². The Bertz CT molecular complexity index is 1130. The van der Waals surface area contributed by atoms with E-state index in [1.807, 2.05) is 48.1 Å². The molecular formula is C27H29ClFN3O. The maximum absolute atomic E-state index is 12.6. The van der Waals surface area contributed by atoms with Crippen LogP contribution in [-0.4, -0.2) is 16.2 Å². The van der Waals surface area contributed by atoms with Gasteiger partial charge in [-0.05, 0) is 67.3 Å². The van der Waals surface area contributed by atoms with Crippen molar-refractivity contribution in [2.45, 2.75) is 33.7 Å². The smallest absolute Gasteiger partial charge is 0.211 e. The Labute approximate surface area is 200 Å². The average molecular weight is 466 g/mol. The molecule has 0 aliphatic carbocycles. The Balaban J connectivity index is 0.000000186. The van der Waals surface area contributed by atoms with Gasteiger partial charge in [0.1, 0.15) is 5.82 Å². The molecule has 0 spiro atoms. The number of rotatable bonds is 5. The molecule has 1 aromatic heterocycles. The molecular weight excluding hydrogens is 437 g/mol. The molecule has 0 aliphatic heterocycles. The second kappa shape index (κ2) is 13.9. The number of nitrogens with zero attached hydrogens (tertiary/aromatic N) is 2. The van der Waals surface area contributed by atoms with Gasteiger partial charge >= 0.3 is 0 Å². The summed E-state index contributed by atoms with van der Waals surface area (Å²) in [7, 11) is 0. The summed E-state index contributed by atoms with van der Waals surface area (Å²) in [5.41, 5.74) is 5.11. The predicted molar refractivity (Wildman–Crippen MR) is 134 cm³/mol. The number of carbonyl (C=O) groups excluding carboxylic acids is 1. The summed E-state index contributed by atoms with van der Waals surface area (Å²) in [6.07, 6.45) is 3.56. The largest absolute Gasteiger partial charge is 0.326 e. The molecule has 6 heteroatoms. The zero-order valence-corrected chi connectivity index (χ0v) is 19.9. The van der Waals surface area contributed by atoms with E-state index in [1.54, 1.807) is 12.1 Å². The Kier molecular flexibility index (Phi) is 10.8. The first kappa shape index (κ1) is 25.8. The fraction of sp³-hybridized carbons (Fsp3) is 0.185. The normalized spacial score (nSPS) is 9.73. The van der Waals surface area contributed by atoms with Crippen molar-refractivity contribution < 1.29 is 9.18 Å². The summed E-state index contributed by atoms with van der Waals surface area (Å²) in [4.78, 5) is 9.85. The zero-order valence-electron chi connectivity index (χ0n) is 19.1. The van der Waals surface area contributed by atoms with Crippen LogP contribution in [0.4, 0.5) is 10.1 Å².